The van der Waals surface area contributed by atoms with Crippen LogP contribution in [0.25, 0.3) is 10.9 Å². The Morgan fingerprint density at radius 2 is 1.77 bits per heavy atom. The van der Waals surface area contributed by atoms with E-state index in [0.29, 0.717) is 17.2 Å². The van der Waals surface area contributed by atoms with E-state index in [9.17, 15) is 9.59 Å². The number of rotatable bonds is 5. The van der Waals surface area contributed by atoms with Crippen molar-refractivity contribution in [3.05, 3.63) is 65.9 Å². The van der Waals surface area contributed by atoms with Gasteiger partial charge in [-0.05, 0) is 42.5 Å². The Kier molecular flexibility index (Phi) is 6.13. The van der Waals surface area contributed by atoms with E-state index in [4.69, 9.17) is 0 Å². The number of nitrogens with one attached hydrogen (secondary N) is 1. The van der Waals surface area contributed by atoms with Gasteiger partial charge in [0.05, 0.1) is 11.3 Å². The summed E-state index contributed by atoms with van der Waals surface area (Å²) >= 11 is 1.43. The van der Waals surface area contributed by atoms with Crippen LogP contribution in [-0.4, -0.2) is 59.5 Å². The van der Waals surface area contributed by atoms with Gasteiger partial charge in [0, 0.05) is 49.2 Å². The number of piperidine rings is 1. The summed E-state index contributed by atoms with van der Waals surface area (Å²) in [6.07, 6.45) is 4.05. The van der Waals surface area contributed by atoms with Gasteiger partial charge in [-0.1, -0.05) is 30.3 Å². The third-order valence-corrected chi connectivity index (χ3v) is 6.87. The predicted molar refractivity (Wildman–Crippen MR) is 122 cm³/mol. The second-order valence-corrected chi connectivity index (χ2v) is 8.95. The van der Waals surface area contributed by atoms with Crippen molar-refractivity contribution in [1.29, 1.82) is 0 Å². The Hall–Kier alpha value is -2.73. The van der Waals surface area contributed by atoms with Gasteiger partial charge in [0.25, 0.3) is 5.91 Å². The van der Waals surface area contributed by atoms with Crippen LogP contribution in [0.15, 0.2) is 59.6 Å². The van der Waals surface area contributed by atoms with Gasteiger partial charge in [-0.3, -0.25) is 9.59 Å². The molecule has 2 heterocycles. The molecule has 1 N–H and O–H groups in total. The summed E-state index contributed by atoms with van der Waals surface area (Å²) in [7, 11) is 3.50. The molecule has 0 spiro atoms. The second kappa shape index (κ2) is 8.96. The minimum atomic E-state index is 0.0433. The number of fused-ring (bicyclic) bond motifs is 1. The molecule has 2 amide bonds. The molecule has 2 aromatic carbocycles. The van der Waals surface area contributed by atoms with E-state index < -0.39 is 0 Å². The minimum Gasteiger partial charge on any atom is -0.361 e. The molecule has 1 aliphatic heterocycles. The Bertz CT molecular complexity index is 1050. The summed E-state index contributed by atoms with van der Waals surface area (Å²) in [6.45, 7) is 1.50. The molecule has 5 nitrogen and oxygen atoms in total. The average molecular weight is 422 g/mol. The third-order valence-electron chi connectivity index (χ3n) is 5.81. The van der Waals surface area contributed by atoms with Crippen LogP contribution >= 0.6 is 11.8 Å². The molecular weight excluding hydrogens is 394 g/mol. The highest BCUT2D eigenvalue weighted by Gasteiger charge is 2.27. The van der Waals surface area contributed by atoms with Crippen LogP contribution in [0, 0.1) is 0 Å². The normalized spacial score (nSPS) is 14.8. The largest absolute Gasteiger partial charge is 0.361 e. The zero-order valence-corrected chi connectivity index (χ0v) is 18.2. The summed E-state index contributed by atoms with van der Waals surface area (Å²) in [6, 6.07) is 16.0. The van der Waals surface area contributed by atoms with Gasteiger partial charge in [-0.2, -0.15) is 0 Å². The molecule has 0 unspecified atom stereocenters. The lowest BCUT2D eigenvalue weighted by Crippen LogP contribution is -2.38. The first-order valence-electron chi connectivity index (χ1n) is 10.3. The van der Waals surface area contributed by atoms with Gasteiger partial charge in [0.15, 0.2) is 0 Å². The number of carbonyl (C=O) groups is 2. The summed E-state index contributed by atoms with van der Waals surface area (Å²) in [5.74, 6) is 0.905. The smallest absolute Gasteiger partial charge is 0.254 e. The van der Waals surface area contributed by atoms with Crippen molar-refractivity contribution >= 4 is 34.5 Å². The summed E-state index contributed by atoms with van der Waals surface area (Å²) < 4.78 is 0. The summed E-state index contributed by atoms with van der Waals surface area (Å²) in [5, 5.41) is 1.29. The predicted octanol–water partition coefficient (Wildman–Crippen LogP) is 4.37. The van der Waals surface area contributed by atoms with Crippen molar-refractivity contribution in [3.63, 3.8) is 0 Å². The molecule has 3 aromatic rings. The van der Waals surface area contributed by atoms with Crippen molar-refractivity contribution in [2.24, 2.45) is 0 Å². The van der Waals surface area contributed by atoms with Crippen molar-refractivity contribution in [3.8, 4) is 0 Å². The maximum absolute atomic E-state index is 13.2. The summed E-state index contributed by atoms with van der Waals surface area (Å²) in [4.78, 5) is 32.9. The van der Waals surface area contributed by atoms with Gasteiger partial charge in [-0.15, -0.1) is 11.8 Å². The number of H-pyrrole nitrogens is 1. The Morgan fingerprint density at radius 1 is 1.07 bits per heavy atom. The van der Waals surface area contributed by atoms with Crippen LogP contribution in [0.2, 0.25) is 0 Å². The maximum atomic E-state index is 13.2. The number of hydrogen-bond acceptors (Lipinski definition) is 3. The first-order chi connectivity index (χ1) is 14.5. The van der Waals surface area contributed by atoms with Crippen molar-refractivity contribution in [2.75, 3.05) is 32.9 Å². The van der Waals surface area contributed by atoms with Gasteiger partial charge in [-0.25, -0.2) is 0 Å². The molecule has 30 heavy (non-hydrogen) atoms. The minimum absolute atomic E-state index is 0.0433. The standard InChI is InChI=1S/C24H27N3O2S/c1-26(2)23(28)16-30-22-10-6-4-8-19(22)24(29)27-13-11-17(12-14-27)20-15-25-21-9-5-3-7-18(20)21/h3-10,15,17,25H,11-14,16H2,1-2H3. The Labute approximate surface area is 181 Å². The fourth-order valence-corrected chi connectivity index (χ4v) is 5.06. The van der Waals surface area contributed by atoms with Crippen molar-refractivity contribution < 1.29 is 9.59 Å². The van der Waals surface area contributed by atoms with Gasteiger partial charge in [0.2, 0.25) is 5.91 Å². The topological polar surface area (TPSA) is 56.4 Å². The zero-order chi connectivity index (χ0) is 21.1. The molecule has 0 saturated carbocycles. The van der Waals surface area contributed by atoms with E-state index in [0.717, 1.165) is 30.8 Å². The molecular formula is C24H27N3O2S. The average Bonchev–Trinajstić information content (AvgIpc) is 3.21. The molecule has 0 bridgehead atoms. The lowest BCUT2D eigenvalue weighted by molar-refractivity contribution is -0.125. The summed E-state index contributed by atoms with van der Waals surface area (Å²) in [5.41, 5.74) is 3.22. The number of benzene rings is 2. The first kappa shape index (κ1) is 20.5. The number of amides is 2. The number of thioether (sulfide) groups is 1. The van der Waals surface area contributed by atoms with Crippen LogP contribution in [0.3, 0.4) is 0 Å². The van der Waals surface area contributed by atoms with E-state index in [1.54, 1.807) is 19.0 Å². The highest BCUT2D eigenvalue weighted by Crippen LogP contribution is 2.34. The highest BCUT2D eigenvalue weighted by molar-refractivity contribution is 8.00. The van der Waals surface area contributed by atoms with E-state index in [2.05, 4.69) is 29.4 Å². The lowest BCUT2D eigenvalue weighted by Gasteiger charge is -2.32. The van der Waals surface area contributed by atoms with E-state index in [1.807, 2.05) is 35.2 Å². The number of para-hydroxylation sites is 1. The number of aromatic amines is 1. The van der Waals surface area contributed by atoms with Gasteiger partial charge < -0.3 is 14.8 Å². The molecule has 156 valence electrons. The molecule has 6 heteroatoms. The van der Waals surface area contributed by atoms with E-state index in [1.165, 1.54) is 28.2 Å². The van der Waals surface area contributed by atoms with Crippen molar-refractivity contribution in [2.45, 2.75) is 23.7 Å². The molecule has 1 saturated heterocycles. The van der Waals surface area contributed by atoms with E-state index in [-0.39, 0.29) is 11.8 Å². The van der Waals surface area contributed by atoms with Crippen LogP contribution in [-0.2, 0) is 4.79 Å². The number of likely N-dealkylation sites (tertiary alicyclic amines) is 1. The highest BCUT2D eigenvalue weighted by atomic mass is 32.2. The number of aromatic nitrogens is 1. The molecule has 4 rings (SSSR count). The second-order valence-electron chi connectivity index (χ2n) is 7.93. The third kappa shape index (κ3) is 4.24. The van der Waals surface area contributed by atoms with Crippen LogP contribution in [0.5, 0.6) is 0 Å². The molecule has 1 aliphatic rings. The Balaban J connectivity index is 1.43. The van der Waals surface area contributed by atoms with Crippen LogP contribution in [0.1, 0.15) is 34.7 Å². The monoisotopic (exact) mass is 421 g/mol. The van der Waals surface area contributed by atoms with Crippen molar-refractivity contribution in [1.82, 2.24) is 14.8 Å². The maximum Gasteiger partial charge on any atom is 0.254 e. The SMILES string of the molecule is CN(C)C(=O)CSc1ccccc1C(=O)N1CCC(c2c[nH]c3ccccc23)CC1. The molecule has 0 aliphatic carbocycles. The van der Waals surface area contributed by atoms with E-state index >= 15 is 0 Å². The van der Waals surface area contributed by atoms with Crippen LogP contribution < -0.4 is 0 Å². The quantitative estimate of drug-likeness (QED) is 0.623. The van der Waals surface area contributed by atoms with Gasteiger partial charge in [0.1, 0.15) is 0 Å². The first-order valence-corrected chi connectivity index (χ1v) is 11.3. The number of nitrogens with zero attached hydrogens (tertiary/aromatic N) is 2. The molecule has 1 fully saturated rings. The molecule has 0 atom stereocenters. The number of hydrogen-bond donors (Lipinski definition) is 1. The fourth-order valence-electron chi connectivity index (χ4n) is 4.03. The molecule has 1 aromatic heterocycles. The number of carbonyl (C=O) groups excluding carboxylic acids is 2. The van der Waals surface area contributed by atoms with Gasteiger partial charge >= 0.3 is 0 Å². The Morgan fingerprint density at radius 3 is 2.53 bits per heavy atom. The molecule has 0 radical (unpaired) electrons. The van der Waals surface area contributed by atoms with Crippen LogP contribution in [0.4, 0.5) is 0 Å². The zero-order valence-electron chi connectivity index (χ0n) is 17.4. The fraction of sp³-hybridized carbons (Fsp3) is 0.333. The lowest BCUT2D eigenvalue weighted by atomic mass is 9.89.